The van der Waals surface area contributed by atoms with Gasteiger partial charge in [0.25, 0.3) is 0 Å². The molecule has 0 saturated carbocycles. The normalized spacial score (nSPS) is 10.2. The molecule has 0 saturated heterocycles. The van der Waals surface area contributed by atoms with Gasteiger partial charge in [-0.2, -0.15) is 0 Å². The Morgan fingerprint density at radius 2 is 1.82 bits per heavy atom. The van der Waals surface area contributed by atoms with Gasteiger partial charge in [0.2, 0.25) is 5.88 Å². The van der Waals surface area contributed by atoms with Gasteiger partial charge < -0.3 is 4.74 Å². The molecule has 0 amide bonds. The van der Waals surface area contributed by atoms with Gasteiger partial charge in [0, 0.05) is 6.07 Å². The number of nitrogens with zero attached hydrogens (tertiary/aromatic N) is 1. The van der Waals surface area contributed by atoms with E-state index in [0.717, 1.165) is 12.8 Å². The minimum Gasteiger partial charge on any atom is -0.478 e. The quantitative estimate of drug-likeness (QED) is 0.593. The molecule has 0 aliphatic rings. The zero-order valence-electron chi connectivity index (χ0n) is 9.47. The summed E-state index contributed by atoms with van der Waals surface area (Å²) in [5, 5.41) is 0.463. The maximum Gasteiger partial charge on any atom is 0.214 e. The number of halogens is 1. The molecule has 0 unspecified atom stereocenters. The van der Waals surface area contributed by atoms with Crippen LogP contribution in [-0.2, 0) is 6.42 Å². The van der Waals surface area contributed by atoms with Gasteiger partial charge in [-0.15, -0.1) is 0 Å². The molecule has 0 aliphatic carbocycles. The number of aryl methyl sites for hydroxylation is 1. The van der Waals surface area contributed by atoms with Gasteiger partial charge in [-0.3, -0.25) is 0 Å². The molecular formula is C14H14ClNO. The lowest BCUT2D eigenvalue weighted by Crippen LogP contribution is -2.00. The molecule has 88 valence electrons. The average molecular weight is 248 g/mol. The van der Waals surface area contributed by atoms with Crippen molar-refractivity contribution >= 4 is 11.6 Å². The molecule has 2 aromatic rings. The minimum absolute atomic E-state index is 0.463. The van der Waals surface area contributed by atoms with Crippen LogP contribution in [0.5, 0.6) is 5.88 Å². The summed E-state index contributed by atoms with van der Waals surface area (Å²) in [5.74, 6) is 0.588. The Labute approximate surface area is 106 Å². The van der Waals surface area contributed by atoms with Crippen molar-refractivity contribution in [2.24, 2.45) is 0 Å². The van der Waals surface area contributed by atoms with Gasteiger partial charge in [-0.25, -0.2) is 4.98 Å². The Morgan fingerprint density at radius 3 is 2.59 bits per heavy atom. The zero-order valence-corrected chi connectivity index (χ0v) is 10.2. The summed E-state index contributed by atoms with van der Waals surface area (Å²) >= 11 is 5.76. The van der Waals surface area contributed by atoms with E-state index in [1.54, 1.807) is 6.07 Å². The van der Waals surface area contributed by atoms with Gasteiger partial charge in [0.15, 0.2) is 0 Å². The van der Waals surface area contributed by atoms with Crippen molar-refractivity contribution in [1.82, 2.24) is 4.98 Å². The standard InChI is InChI=1S/C14H14ClNO/c15-13-9-4-10-14(16-13)17-11-5-8-12-6-2-1-3-7-12/h1-4,6-7,9-10H,5,8,11H2. The molecule has 0 spiro atoms. The molecule has 2 nitrogen and oxygen atoms in total. The smallest absolute Gasteiger partial charge is 0.214 e. The Balaban J connectivity index is 1.73. The largest absolute Gasteiger partial charge is 0.478 e. The molecule has 2 rings (SSSR count). The van der Waals surface area contributed by atoms with E-state index in [0.29, 0.717) is 17.6 Å². The topological polar surface area (TPSA) is 22.1 Å². The lowest BCUT2D eigenvalue weighted by Gasteiger charge is -2.05. The van der Waals surface area contributed by atoms with Crippen molar-refractivity contribution < 1.29 is 4.74 Å². The van der Waals surface area contributed by atoms with Crippen molar-refractivity contribution in [3.63, 3.8) is 0 Å². The Bertz CT molecular complexity index is 459. The van der Waals surface area contributed by atoms with Crippen LogP contribution in [0.1, 0.15) is 12.0 Å². The van der Waals surface area contributed by atoms with E-state index in [9.17, 15) is 0 Å². The van der Waals surface area contributed by atoms with Crippen LogP contribution in [0, 0.1) is 0 Å². The second-order valence-electron chi connectivity index (χ2n) is 3.74. The van der Waals surface area contributed by atoms with Gasteiger partial charge in [0.05, 0.1) is 6.61 Å². The molecule has 3 heteroatoms. The Morgan fingerprint density at radius 1 is 1.00 bits per heavy atom. The minimum atomic E-state index is 0.463. The van der Waals surface area contributed by atoms with E-state index in [4.69, 9.17) is 16.3 Å². The summed E-state index contributed by atoms with van der Waals surface area (Å²) in [6.07, 6.45) is 1.99. The predicted molar refractivity (Wildman–Crippen MR) is 69.5 cm³/mol. The number of hydrogen-bond donors (Lipinski definition) is 0. The highest BCUT2D eigenvalue weighted by Gasteiger charge is 1.97. The summed E-state index contributed by atoms with van der Waals surface area (Å²) in [6.45, 7) is 0.655. The lowest BCUT2D eigenvalue weighted by atomic mass is 10.1. The third-order valence-corrected chi connectivity index (χ3v) is 2.60. The van der Waals surface area contributed by atoms with Crippen LogP contribution >= 0.6 is 11.6 Å². The molecular weight excluding hydrogens is 234 g/mol. The summed E-state index contributed by atoms with van der Waals surface area (Å²) in [6, 6.07) is 15.8. The Kier molecular flexibility index (Phi) is 4.39. The molecule has 1 aromatic carbocycles. The van der Waals surface area contributed by atoms with Crippen molar-refractivity contribution in [2.75, 3.05) is 6.61 Å². The highest BCUT2D eigenvalue weighted by Crippen LogP contribution is 2.12. The summed E-state index contributed by atoms with van der Waals surface area (Å²) in [4.78, 5) is 4.06. The second kappa shape index (κ2) is 6.26. The molecule has 17 heavy (non-hydrogen) atoms. The van der Waals surface area contributed by atoms with E-state index in [2.05, 4.69) is 29.2 Å². The first-order chi connectivity index (χ1) is 8.34. The summed E-state index contributed by atoms with van der Waals surface area (Å²) in [7, 11) is 0. The van der Waals surface area contributed by atoms with Crippen molar-refractivity contribution in [1.29, 1.82) is 0 Å². The van der Waals surface area contributed by atoms with E-state index >= 15 is 0 Å². The van der Waals surface area contributed by atoms with Gasteiger partial charge in [-0.1, -0.05) is 48.0 Å². The maximum absolute atomic E-state index is 5.76. The number of ether oxygens (including phenoxy) is 1. The van der Waals surface area contributed by atoms with Crippen molar-refractivity contribution in [3.8, 4) is 5.88 Å². The molecule has 0 radical (unpaired) electrons. The number of rotatable bonds is 5. The van der Waals surface area contributed by atoms with Crippen LogP contribution in [0.4, 0.5) is 0 Å². The van der Waals surface area contributed by atoms with Crippen LogP contribution in [0.2, 0.25) is 5.15 Å². The van der Waals surface area contributed by atoms with Crippen LogP contribution in [-0.4, -0.2) is 11.6 Å². The molecule has 0 N–H and O–H groups in total. The van der Waals surface area contributed by atoms with Crippen LogP contribution in [0.3, 0.4) is 0 Å². The fourth-order valence-corrected chi connectivity index (χ4v) is 1.72. The zero-order chi connectivity index (χ0) is 11.9. The summed E-state index contributed by atoms with van der Waals surface area (Å²) in [5.41, 5.74) is 1.33. The van der Waals surface area contributed by atoms with Crippen LogP contribution < -0.4 is 4.74 Å². The van der Waals surface area contributed by atoms with Gasteiger partial charge in [-0.05, 0) is 24.5 Å². The fraction of sp³-hybridized carbons (Fsp3) is 0.214. The van der Waals surface area contributed by atoms with E-state index < -0.39 is 0 Å². The first-order valence-electron chi connectivity index (χ1n) is 5.64. The fourth-order valence-electron chi connectivity index (χ4n) is 1.57. The third-order valence-electron chi connectivity index (χ3n) is 2.39. The first-order valence-corrected chi connectivity index (χ1v) is 6.02. The lowest BCUT2D eigenvalue weighted by molar-refractivity contribution is 0.299. The highest BCUT2D eigenvalue weighted by atomic mass is 35.5. The SMILES string of the molecule is Clc1cccc(OCCCc2ccccc2)n1. The average Bonchev–Trinajstić information content (AvgIpc) is 2.36. The number of pyridine rings is 1. The van der Waals surface area contributed by atoms with E-state index in [1.807, 2.05) is 18.2 Å². The second-order valence-corrected chi connectivity index (χ2v) is 4.12. The molecule has 1 heterocycles. The highest BCUT2D eigenvalue weighted by molar-refractivity contribution is 6.29. The van der Waals surface area contributed by atoms with Crippen molar-refractivity contribution in [3.05, 3.63) is 59.2 Å². The number of benzene rings is 1. The predicted octanol–water partition coefficient (Wildman–Crippen LogP) is 3.75. The van der Waals surface area contributed by atoms with Crippen LogP contribution in [0.25, 0.3) is 0 Å². The third kappa shape index (κ3) is 4.08. The van der Waals surface area contributed by atoms with E-state index in [-0.39, 0.29) is 0 Å². The van der Waals surface area contributed by atoms with E-state index in [1.165, 1.54) is 5.56 Å². The number of aromatic nitrogens is 1. The number of hydrogen-bond acceptors (Lipinski definition) is 2. The molecule has 0 aliphatic heterocycles. The first kappa shape index (κ1) is 11.9. The van der Waals surface area contributed by atoms with Crippen molar-refractivity contribution in [2.45, 2.75) is 12.8 Å². The molecule has 1 aromatic heterocycles. The maximum atomic E-state index is 5.76. The Hall–Kier alpha value is -1.54. The summed E-state index contributed by atoms with van der Waals surface area (Å²) < 4.78 is 5.51. The monoisotopic (exact) mass is 247 g/mol. The molecule has 0 atom stereocenters. The molecule has 0 bridgehead atoms. The van der Waals surface area contributed by atoms with Crippen LogP contribution in [0.15, 0.2) is 48.5 Å². The van der Waals surface area contributed by atoms with Gasteiger partial charge >= 0.3 is 0 Å². The van der Waals surface area contributed by atoms with Gasteiger partial charge in [0.1, 0.15) is 5.15 Å². The molecule has 0 fully saturated rings.